The number of allylic oxidation sites excluding steroid dienone is 2. The van der Waals surface area contributed by atoms with Gasteiger partial charge < -0.3 is 14.9 Å². The Balaban J connectivity index is 3.36. The molecule has 0 fully saturated rings. The van der Waals surface area contributed by atoms with Crippen LogP contribution in [-0.4, -0.2) is 60.5 Å². The van der Waals surface area contributed by atoms with Crippen molar-refractivity contribution < 1.29 is 19.7 Å². The van der Waals surface area contributed by atoms with E-state index in [9.17, 15) is 4.79 Å². The van der Waals surface area contributed by atoms with E-state index in [1.54, 1.807) is 0 Å². The van der Waals surface area contributed by atoms with Crippen LogP contribution in [0.4, 0.5) is 0 Å². The molecule has 0 aliphatic rings. The summed E-state index contributed by atoms with van der Waals surface area (Å²) in [5, 5.41) is 17.9. The summed E-state index contributed by atoms with van der Waals surface area (Å²) in [5.41, 5.74) is 0. The van der Waals surface area contributed by atoms with Gasteiger partial charge in [-0.05, 0) is 32.1 Å². The van der Waals surface area contributed by atoms with Crippen LogP contribution in [0.2, 0.25) is 0 Å². The van der Waals surface area contributed by atoms with Gasteiger partial charge in [-0.15, -0.1) is 0 Å². The Morgan fingerprint density at radius 3 is 1.83 bits per heavy atom. The molecule has 0 aromatic carbocycles. The molecule has 0 aliphatic carbocycles. The van der Waals surface area contributed by atoms with Gasteiger partial charge in [-0.25, -0.2) is 0 Å². The molecule has 0 radical (unpaired) electrons. The van der Waals surface area contributed by atoms with Crippen LogP contribution >= 0.6 is 0 Å². The number of rotatable bonds is 22. The summed E-state index contributed by atoms with van der Waals surface area (Å²) in [6.07, 6.45) is 21.4. The molecule has 29 heavy (non-hydrogen) atoms. The summed E-state index contributed by atoms with van der Waals surface area (Å²) in [7, 11) is 0. The molecule has 0 saturated carbocycles. The lowest BCUT2D eigenvalue weighted by molar-refractivity contribution is -0.144. The minimum Gasteiger partial charge on any atom is -0.464 e. The molecule has 0 atom stereocenters. The number of unbranched alkanes of at least 4 members (excludes halogenated alkanes) is 11. The summed E-state index contributed by atoms with van der Waals surface area (Å²) in [4.78, 5) is 13.6. The van der Waals surface area contributed by atoms with Gasteiger partial charge in [0.05, 0.1) is 13.2 Å². The molecular weight excluding hydrogens is 366 g/mol. The van der Waals surface area contributed by atoms with E-state index in [1.165, 1.54) is 70.6 Å². The molecule has 0 rings (SSSR count). The van der Waals surface area contributed by atoms with Gasteiger partial charge in [-0.1, -0.05) is 70.4 Å². The first kappa shape index (κ1) is 28.1. The minimum absolute atomic E-state index is 0.0445. The molecule has 0 aliphatic heterocycles. The predicted octanol–water partition coefficient (Wildman–Crippen LogP) is 4.85. The molecule has 5 nitrogen and oxygen atoms in total. The Morgan fingerprint density at radius 2 is 1.28 bits per heavy atom. The lowest BCUT2D eigenvalue weighted by Gasteiger charge is -2.19. The zero-order valence-corrected chi connectivity index (χ0v) is 19.0. The van der Waals surface area contributed by atoms with E-state index < -0.39 is 0 Å². The van der Waals surface area contributed by atoms with Crippen molar-refractivity contribution in [3.05, 3.63) is 12.2 Å². The molecule has 172 valence electrons. The number of hydrogen-bond donors (Lipinski definition) is 2. The fourth-order valence-corrected chi connectivity index (χ4v) is 3.32. The molecule has 2 N–H and O–H groups in total. The smallest absolute Gasteiger partial charge is 0.305 e. The summed E-state index contributed by atoms with van der Waals surface area (Å²) in [6, 6.07) is 0. The third-order valence-corrected chi connectivity index (χ3v) is 5.15. The fourth-order valence-electron chi connectivity index (χ4n) is 3.32. The van der Waals surface area contributed by atoms with Crippen molar-refractivity contribution in [2.45, 2.75) is 96.8 Å². The van der Waals surface area contributed by atoms with E-state index in [2.05, 4.69) is 19.1 Å². The Labute approximate surface area is 179 Å². The fraction of sp³-hybridized carbons (Fsp3) is 0.875. The van der Waals surface area contributed by atoms with Gasteiger partial charge in [-0.3, -0.25) is 9.69 Å². The Hall–Kier alpha value is -0.910. The average Bonchev–Trinajstić information content (AvgIpc) is 2.71. The molecular formula is C24H47NO4. The van der Waals surface area contributed by atoms with Crippen LogP contribution in [-0.2, 0) is 9.53 Å². The van der Waals surface area contributed by atoms with Gasteiger partial charge in [0.2, 0.25) is 0 Å². The molecule has 0 bridgehead atoms. The van der Waals surface area contributed by atoms with Crippen LogP contribution < -0.4 is 0 Å². The molecule has 5 heteroatoms. The molecule has 0 saturated heterocycles. The van der Waals surface area contributed by atoms with Crippen LogP contribution in [0.15, 0.2) is 12.2 Å². The summed E-state index contributed by atoms with van der Waals surface area (Å²) >= 11 is 0. The van der Waals surface area contributed by atoms with Crippen molar-refractivity contribution in [2.75, 3.05) is 39.5 Å². The van der Waals surface area contributed by atoms with E-state index in [0.29, 0.717) is 32.7 Å². The topological polar surface area (TPSA) is 70.0 Å². The van der Waals surface area contributed by atoms with Crippen molar-refractivity contribution in [1.82, 2.24) is 4.90 Å². The van der Waals surface area contributed by atoms with Gasteiger partial charge >= 0.3 is 5.97 Å². The highest BCUT2D eigenvalue weighted by atomic mass is 16.5. The van der Waals surface area contributed by atoms with Gasteiger partial charge in [0.25, 0.3) is 0 Å². The SMILES string of the molecule is CCCCCCCC/C=C/CCCCCCCC(=O)OCCN(CCO)CCO. The predicted molar refractivity (Wildman–Crippen MR) is 121 cm³/mol. The van der Waals surface area contributed by atoms with Crippen LogP contribution in [0.1, 0.15) is 96.8 Å². The van der Waals surface area contributed by atoms with Crippen molar-refractivity contribution in [3.8, 4) is 0 Å². The number of ether oxygens (including phenoxy) is 1. The normalized spacial score (nSPS) is 11.6. The molecule has 0 amide bonds. The maximum absolute atomic E-state index is 11.7. The van der Waals surface area contributed by atoms with E-state index in [0.717, 1.165) is 12.8 Å². The minimum atomic E-state index is -0.143. The Morgan fingerprint density at radius 1 is 0.759 bits per heavy atom. The number of esters is 1. The van der Waals surface area contributed by atoms with Gasteiger partial charge in [0, 0.05) is 26.1 Å². The highest BCUT2D eigenvalue weighted by Crippen LogP contribution is 2.10. The first-order valence-corrected chi connectivity index (χ1v) is 12.0. The first-order valence-electron chi connectivity index (χ1n) is 12.0. The van der Waals surface area contributed by atoms with Crippen LogP contribution in [0.25, 0.3) is 0 Å². The lowest BCUT2D eigenvalue weighted by atomic mass is 10.1. The van der Waals surface area contributed by atoms with Gasteiger partial charge in [-0.2, -0.15) is 0 Å². The Kier molecular flexibility index (Phi) is 22.6. The first-order chi connectivity index (χ1) is 14.2. The third kappa shape index (κ3) is 21.6. The van der Waals surface area contributed by atoms with E-state index in [1.807, 2.05) is 4.90 Å². The molecule has 0 heterocycles. The summed E-state index contributed by atoms with van der Waals surface area (Å²) in [6.45, 7) is 4.21. The number of nitrogens with zero attached hydrogens (tertiary/aromatic N) is 1. The number of carbonyl (C=O) groups excluding carboxylic acids is 1. The maximum Gasteiger partial charge on any atom is 0.305 e. The number of aliphatic hydroxyl groups excluding tert-OH is 2. The van der Waals surface area contributed by atoms with E-state index >= 15 is 0 Å². The van der Waals surface area contributed by atoms with Crippen molar-refractivity contribution in [2.24, 2.45) is 0 Å². The summed E-state index contributed by atoms with van der Waals surface area (Å²) < 4.78 is 5.23. The van der Waals surface area contributed by atoms with Gasteiger partial charge in [0.1, 0.15) is 6.61 Å². The highest BCUT2D eigenvalue weighted by Gasteiger charge is 2.06. The van der Waals surface area contributed by atoms with E-state index in [4.69, 9.17) is 14.9 Å². The second-order valence-corrected chi connectivity index (χ2v) is 7.84. The van der Waals surface area contributed by atoms with Crippen LogP contribution in [0.5, 0.6) is 0 Å². The number of carbonyl (C=O) groups is 1. The standard InChI is InChI=1S/C24H47NO4/c1-2-3-4-5-6-7-8-9-10-11-12-13-14-15-16-17-24(28)29-23-20-25(18-21-26)19-22-27/h9-10,26-27H,2-8,11-23H2,1H3/b10-9+. The van der Waals surface area contributed by atoms with Crippen LogP contribution in [0, 0.1) is 0 Å². The van der Waals surface area contributed by atoms with Gasteiger partial charge in [0.15, 0.2) is 0 Å². The Bertz CT molecular complexity index is 368. The maximum atomic E-state index is 11.7. The second kappa shape index (κ2) is 23.4. The van der Waals surface area contributed by atoms with Crippen LogP contribution in [0.3, 0.4) is 0 Å². The largest absolute Gasteiger partial charge is 0.464 e. The molecule has 0 aromatic rings. The number of aliphatic hydroxyl groups is 2. The molecule has 0 spiro atoms. The quantitative estimate of drug-likeness (QED) is 0.151. The van der Waals surface area contributed by atoms with E-state index in [-0.39, 0.29) is 19.2 Å². The highest BCUT2D eigenvalue weighted by molar-refractivity contribution is 5.69. The zero-order valence-electron chi connectivity index (χ0n) is 19.0. The summed E-state index contributed by atoms with van der Waals surface area (Å²) in [5.74, 6) is -0.143. The monoisotopic (exact) mass is 413 g/mol. The lowest BCUT2D eigenvalue weighted by Crippen LogP contribution is -2.33. The van der Waals surface area contributed by atoms with Crippen molar-refractivity contribution >= 4 is 5.97 Å². The second-order valence-electron chi connectivity index (χ2n) is 7.84. The van der Waals surface area contributed by atoms with Crippen molar-refractivity contribution in [1.29, 1.82) is 0 Å². The zero-order chi connectivity index (χ0) is 21.4. The number of hydrogen-bond acceptors (Lipinski definition) is 5. The molecule has 0 unspecified atom stereocenters. The average molecular weight is 414 g/mol. The molecule has 0 aromatic heterocycles. The third-order valence-electron chi connectivity index (χ3n) is 5.15. The van der Waals surface area contributed by atoms with Crippen molar-refractivity contribution in [3.63, 3.8) is 0 Å².